The topological polar surface area (TPSA) is 67.8 Å². The molecule has 0 aliphatic carbocycles. The molecule has 0 saturated carbocycles. The molecule has 4 rings (SSSR count). The lowest BCUT2D eigenvalue weighted by atomic mass is 10.3. The van der Waals surface area contributed by atoms with Crippen LogP contribution in [0.3, 0.4) is 0 Å². The van der Waals surface area contributed by atoms with E-state index >= 15 is 0 Å². The van der Waals surface area contributed by atoms with E-state index in [-0.39, 0.29) is 19.1 Å². The monoisotopic (exact) mass is 414 g/mol. The van der Waals surface area contributed by atoms with Crippen LogP contribution in [0.5, 0.6) is 5.75 Å². The summed E-state index contributed by atoms with van der Waals surface area (Å²) in [5.41, 5.74) is 0.341. The lowest BCUT2D eigenvalue weighted by molar-refractivity contribution is -0.122. The first-order chi connectivity index (χ1) is 13.6. The highest BCUT2D eigenvalue weighted by atomic mass is 35.5. The van der Waals surface area contributed by atoms with E-state index in [2.05, 4.69) is 5.32 Å². The molecule has 1 saturated heterocycles. The summed E-state index contributed by atoms with van der Waals surface area (Å²) >= 11 is 11.2. The molecule has 28 heavy (non-hydrogen) atoms. The molecule has 0 spiro atoms. The maximum absolute atomic E-state index is 12.6. The number of rotatable bonds is 6. The van der Waals surface area contributed by atoms with Crippen LogP contribution >= 0.6 is 23.8 Å². The first-order valence-corrected chi connectivity index (χ1v) is 9.21. The number of nitrogens with zero attached hydrogens (tertiary/aromatic N) is 1. The minimum atomic E-state index is -0.241. The molecule has 1 aromatic carbocycles. The number of carbonyl (C=O) groups is 1. The molecule has 142 valence electrons. The van der Waals surface area contributed by atoms with Crippen molar-refractivity contribution in [2.75, 3.05) is 0 Å². The van der Waals surface area contributed by atoms with E-state index in [1.54, 1.807) is 48.7 Å². The van der Waals surface area contributed by atoms with Crippen LogP contribution in [0.2, 0.25) is 5.02 Å². The van der Waals surface area contributed by atoms with E-state index in [9.17, 15) is 4.79 Å². The predicted molar refractivity (Wildman–Crippen MR) is 107 cm³/mol. The molecular formula is C20H15ClN2O4S. The summed E-state index contributed by atoms with van der Waals surface area (Å²) in [6, 6.07) is 14.2. The number of carbonyl (C=O) groups excluding carboxylic acids is 1. The fourth-order valence-electron chi connectivity index (χ4n) is 2.68. The molecule has 1 aliphatic heterocycles. The van der Waals surface area contributed by atoms with Crippen molar-refractivity contribution < 1.29 is 18.4 Å². The number of ether oxygens (including phenoxy) is 1. The van der Waals surface area contributed by atoms with Gasteiger partial charge in [-0.05, 0) is 54.7 Å². The van der Waals surface area contributed by atoms with Gasteiger partial charge in [0.25, 0.3) is 5.91 Å². The number of furan rings is 2. The zero-order valence-electron chi connectivity index (χ0n) is 14.6. The van der Waals surface area contributed by atoms with Crippen LogP contribution in [-0.2, 0) is 17.9 Å². The molecule has 2 aromatic heterocycles. The van der Waals surface area contributed by atoms with Gasteiger partial charge in [-0.2, -0.15) is 0 Å². The number of hydrogen-bond donors (Lipinski definition) is 1. The van der Waals surface area contributed by atoms with Crippen molar-refractivity contribution in [3.05, 3.63) is 82.8 Å². The van der Waals surface area contributed by atoms with Gasteiger partial charge in [-0.1, -0.05) is 17.7 Å². The summed E-state index contributed by atoms with van der Waals surface area (Å²) in [4.78, 5) is 14.0. The minimum absolute atomic E-state index is 0.241. The Bertz CT molecular complexity index is 1040. The van der Waals surface area contributed by atoms with Crippen LogP contribution in [-0.4, -0.2) is 15.9 Å². The Labute approximate surface area is 171 Å². The average molecular weight is 415 g/mol. The Morgan fingerprint density at radius 1 is 1.18 bits per heavy atom. The summed E-state index contributed by atoms with van der Waals surface area (Å²) in [5, 5.41) is 3.83. The molecule has 3 heterocycles. The van der Waals surface area contributed by atoms with Crippen molar-refractivity contribution in [2.45, 2.75) is 13.2 Å². The van der Waals surface area contributed by atoms with Crippen molar-refractivity contribution >= 4 is 40.9 Å². The highest BCUT2D eigenvalue weighted by molar-refractivity contribution is 7.80. The number of nitrogens with one attached hydrogen (secondary N) is 1. The second-order valence-corrected chi connectivity index (χ2v) is 6.83. The lowest BCUT2D eigenvalue weighted by Gasteiger charge is -2.11. The molecule has 8 heteroatoms. The second-order valence-electron chi connectivity index (χ2n) is 6.01. The van der Waals surface area contributed by atoms with E-state index < -0.39 is 0 Å². The van der Waals surface area contributed by atoms with Gasteiger partial charge in [0.05, 0.1) is 12.8 Å². The Morgan fingerprint density at radius 3 is 2.86 bits per heavy atom. The Morgan fingerprint density at radius 2 is 2.07 bits per heavy atom. The van der Waals surface area contributed by atoms with E-state index in [1.165, 1.54) is 4.90 Å². The zero-order valence-corrected chi connectivity index (χ0v) is 16.1. The maximum Gasteiger partial charge on any atom is 0.277 e. The summed E-state index contributed by atoms with van der Waals surface area (Å²) in [5.74, 6) is 2.19. The third-order valence-electron chi connectivity index (χ3n) is 4.00. The summed E-state index contributed by atoms with van der Waals surface area (Å²) in [6.45, 7) is 0.514. The summed E-state index contributed by atoms with van der Waals surface area (Å²) < 4.78 is 16.6. The van der Waals surface area contributed by atoms with Crippen LogP contribution in [0.4, 0.5) is 0 Å². The van der Waals surface area contributed by atoms with Crippen molar-refractivity contribution in [1.29, 1.82) is 0 Å². The van der Waals surface area contributed by atoms with E-state index in [0.717, 1.165) is 0 Å². The van der Waals surface area contributed by atoms with Gasteiger partial charge in [0.1, 0.15) is 35.3 Å². The third kappa shape index (κ3) is 4.11. The molecule has 3 aromatic rings. The highest BCUT2D eigenvalue weighted by Crippen LogP contribution is 2.21. The molecule has 1 aliphatic rings. The molecule has 0 atom stereocenters. The summed E-state index contributed by atoms with van der Waals surface area (Å²) in [7, 11) is 0. The molecule has 6 nitrogen and oxygen atoms in total. The summed E-state index contributed by atoms with van der Waals surface area (Å²) in [6.07, 6.45) is 3.17. The van der Waals surface area contributed by atoms with Crippen molar-refractivity contribution in [1.82, 2.24) is 10.2 Å². The van der Waals surface area contributed by atoms with Crippen LogP contribution < -0.4 is 10.1 Å². The molecule has 1 amide bonds. The van der Waals surface area contributed by atoms with Gasteiger partial charge in [0.2, 0.25) is 0 Å². The van der Waals surface area contributed by atoms with Crippen LogP contribution in [0.25, 0.3) is 6.08 Å². The lowest BCUT2D eigenvalue weighted by Crippen LogP contribution is -2.29. The fraction of sp³-hybridized carbons (Fsp3) is 0.100. The predicted octanol–water partition coefficient (Wildman–Crippen LogP) is 4.36. The molecule has 1 fully saturated rings. The molecule has 0 radical (unpaired) electrons. The fourth-order valence-corrected chi connectivity index (χ4v) is 3.11. The number of amides is 1. The van der Waals surface area contributed by atoms with Gasteiger partial charge in [-0.3, -0.25) is 9.69 Å². The Balaban J connectivity index is 1.42. The number of benzene rings is 1. The first-order valence-electron chi connectivity index (χ1n) is 8.42. The minimum Gasteiger partial charge on any atom is -0.486 e. The molecular weight excluding hydrogens is 400 g/mol. The number of thiocarbonyl (C=S) groups is 1. The SMILES string of the molecule is O=C1/C(=C\c2ccc(COc3cccc(Cl)c3)o2)NC(=S)N1Cc1ccco1. The van der Waals surface area contributed by atoms with Gasteiger partial charge in [0, 0.05) is 11.1 Å². The van der Waals surface area contributed by atoms with Crippen LogP contribution in [0.1, 0.15) is 17.3 Å². The van der Waals surface area contributed by atoms with Gasteiger partial charge >= 0.3 is 0 Å². The van der Waals surface area contributed by atoms with Crippen LogP contribution in [0.15, 0.2) is 69.3 Å². The van der Waals surface area contributed by atoms with E-state index in [0.29, 0.717) is 38.9 Å². The largest absolute Gasteiger partial charge is 0.486 e. The number of halogens is 1. The zero-order chi connectivity index (χ0) is 19.5. The number of hydrogen-bond acceptors (Lipinski definition) is 5. The molecule has 0 bridgehead atoms. The average Bonchev–Trinajstić information content (AvgIpc) is 3.40. The van der Waals surface area contributed by atoms with Crippen molar-refractivity contribution in [3.8, 4) is 5.75 Å². The van der Waals surface area contributed by atoms with Gasteiger partial charge < -0.3 is 18.9 Å². The smallest absolute Gasteiger partial charge is 0.277 e. The quantitative estimate of drug-likeness (QED) is 0.477. The van der Waals surface area contributed by atoms with E-state index in [1.807, 2.05) is 12.1 Å². The van der Waals surface area contributed by atoms with Crippen molar-refractivity contribution in [2.24, 2.45) is 0 Å². The van der Waals surface area contributed by atoms with Gasteiger partial charge in [0.15, 0.2) is 5.11 Å². The second kappa shape index (κ2) is 7.92. The van der Waals surface area contributed by atoms with Crippen molar-refractivity contribution in [3.63, 3.8) is 0 Å². The Kier molecular flexibility index (Phi) is 5.18. The van der Waals surface area contributed by atoms with Gasteiger partial charge in [-0.15, -0.1) is 0 Å². The molecule has 0 unspecified atom stereocenters. The Hall–Kier alpha value is -3.03. The van der Waals surface area contributed by atoms with Gasteiger partial charge in [-0.25, -0.2) is 0 Å². The highest BCUT2D eigenvalue weighted by Gasteiger charge is 2.31. The normalized spacial score (nSPS) is 15.3. The third-order valence-corrected chi connectivity index (χ3v) is 4.56. The maximum atomic E-state index is 12.6. The van der Waals surface area contributed by atoms with E-state index in [4.69, 9.17) is 37.4 Å². The first kappa shape index (κ1) is 18.3. The molecule has 1 N–H and O–H groups in total. The van der Waals surface area contributed by atoms with Crippen LogP contribution in [0, 0.1) is 0 Å². The standard InChI is InChI=1S/C20H15ClN2O4S/c21-13-3-1-4-14(9-13)26-12-17-7-6-15(27-17)10-18-19(24)23(20(28)22-18)11-16-5-2-8-25-16/h1-10H,11-12H2,(H,22,28)/b18-10+.